The minimum Gasteiger partial charge on any atom is -0.397 e. The van der Waals surface area contributed by atoms with Crippen molar-refractivity contribution in [2.45, 2.75) is 13.8 Å². The van der Waals surface area contributed by atoms with E-state index in [9.17, 15) is 0 Å². The molecule has 2 nitrogen and oxygen atoms in total. The van der Waals surface area contributed by atoms with Gasteiger partial charge in [-0.25, -0.2) is 0 Å². The fraction of sp³-hybridized carbons (Fsp3) is 0.222. The molecule has 2 N–H and O–H groups in total. The molecule has 0 saturated carbocycles. The molecule has 0 aliphatic rings. The Bertz CT molecular complexity index is 290. The smallest absolute Gasteiger partial charge is 0.0607 e. The highest BCUT2D eigenvalue weighted by atomic mass is 14.7. The number of nitrogens with two attached hydrogens (primary N) is 1. The number of anilines is 1. The van der Waals surface area contributed by atoms with Crippen molar-refractivity contribution in [2.75, 3.05) is 5.73 Å². The maximum atomic E-state index is 5.76. The summed E-state index contributed by atoms with van der Waals surface area (Å²) < 4.78 is 0. The molecule has 0 radical (unpaired) electrons. The standard InChI is InChI=1S/C9H12N2/c1-6(2)8-4-5-11-7(3)9(8)10/h4-5H,1,10H2,2-3H3. The van der Waals surface area contributed by atoms with Crippen LogP contribution in [0.3, 0.4) is 0 Å². The van der Waals surface area contributed by atoms with Crippen molar-refractivity contribution >= 4 is 11.3 Å². The molecule has 0 aromatic carbocycles. The summed E-state index contributed by atoms with van der Waals surface area (Å²) in [5.74, 6) is 0. The lowest BCUT2D eigenvalue weighted by atomic mass is 10.1. The van der Waals surface area contributed by atoms with Gasteiger partial charge in [-0.15, -0.1) is 0 Å². The van der Waals surface area contributed by atoms with Gasteiger partial charge in [-0.2, -0.15) is 0 Å². The van der Waals surface area contributed by atoms with Gasteiger partial charge in [0.25, 0.3) is 0 Å². The quantitative estimate of drug-likeness (QED) is 0.661. The van der Waals surface area contributed by atoms with Crippen molar-refractivity contribution in [1.82, 2.24) is 4.98 Å². The first kappa shape index (κ1) is 7.79. The molecule has 0 aliphatic carbocycles. The molecule has 11 heavy (non-hydrogen) atoms. The predicted octanol–water partition coefficient (Wildman–Crippen LogP) is 2.01. The molecule has 0 unspecified atom stereocenters. The van der Waals surface area contributed by atoms with E-state index in [0.717, 1.165) is 22.5 Å². The summed E-state index contributed by atoms with van der Waals surface area (Å²) in [5.41, 5.74) is 9.34. The van der Waals surface area contributed by atoms with Crippen LogP contribution in [0.15, 0.2) is 18.8 Å². The molecule has 0 amide bonds. The lowest BCUT2D eigenvalue weighted by Crippen LogP contribution is -1.96. The van der Waals surface area contributed by atoms with Crippen molar-refractivity contribution in [3.8, 4) is 0 Å². The topological polar surface area (TPSA) is 38.9 Å². The number of nitrogen functional groups attached to an aromatic ring is 1. The molecule has 1 heterocycles. The Labute approximate surface area is 66.8 Å². The number of nitrogens with zero attached hydrogens (tertiary/aromatic N) is 1. The number of rotatable bonds is 1. The molecule has 0 bridgehead atoms. The van der Waals surface area contributed by atoms with Gasteiger partial charge in [-0.3, -0.25) is 4.98 Å². The maximum Gasteiger partial charge on any atom is 0.0607 e. The summed E-state index contributed by atoms with van der Waals surface area (Å²) in [6.07, 6.45) is 1.75. The van der Waals surface area contributed by atoms with Crippen LogP contribution in [0.2, 0.25) is 0 Å². The number of hydrogen-bond acceptors (Lipinski definition) is 2. The third-order valence-corrected chi connectivity index (χ3v) is 1.65. The molecule has 0 saturated heterocycles. The van der Waals surface area contributed by atoms with Crippen molar-refractivity contribution < 1.29 is 0 Å². The van der Waals surface area contributed by atoms with Gasteiger partial charge in [-0.05, 0) is 25.5 Å². The van der Waals surface area contributed by atoms with Crippen LogP contribution in [0, 0.1) is 6.92 Å². The van der Waals surface area contributed by atoms with Crippen molar-refractivity contribution in [1.29, 1.82) is 0 Å². The van der Waals surface area contributed by atoms with Crippen LogP contribution in [0.5, 0.6) is 0 Å². The number of pyridine rings is 1. The second-order valence-corrected chi connectivity index (χ2v) is 2.64. The van der Waals surface area contributed by atoms with E-state index in [0.29, 0.717) is 0 Å². The van der Waals surface area contributed by atoms with Gasteiger partial charge in [0.1, 0.15) is 0 Å². The van der Waals surface area contributed by atoms with Crippen LogP contribution in [0.1, 0.15) is 18.2 Å². The molecule has 58 valence electrons. The predicted molar refractivity (Wildman–Crippen MR) is 48.1 cm³/mol. The van der Waals surface area contributed by atoms with E-state index in [2.05, 4.69) is 11.6 Å². The number of allylic oxidation sites excluding steroid dienone is 1. The van der Waals surface area contributed by atoms with Gasteiger partial charge in [0, 0.05) is 11.8 Å². The van der Waals surface area contributed by atoms with Crippen LogP contribution in [-0.2, 0) is 0 Å². The summed E-state index contributed by atoms with van der Waals surface area (Å²) in [6, 6.07) is 1.88. The SMILES string of the molecule is C=C(C)c1ccnc(C)c1N. The highest BCUT2D eigenvalue weighted by Gasteiger charge is 2.01. The van der Waals surface area contributed by atoms with Crippen LogP contribution in [0.25, 0.3) is 5.57 Å². The van der Waals surface area contributed by atoms with Crippen molar-refractivity contribution in [2.24, 2.45) is 0 Å². The van der Waals surface area contributed by atoms with Crippen molar-refractivity contribution in [3.63, 3.8) is 0 Å². The lowest BCUT2D eigenvalue weighted by Gasteiger charge is -2.05. The van der Waals surface area contributed by atoms with Gasteiger partial charge < -0.3 is 5.73 Å². The van der Waals surface area contributed by atoms with E-state index < -0.39 is 0 Å². The van der Waals surface area contributed by atoms with Gasteiger partial charge in [0.15, 0.2) is 0 Å². The fourth-order valence-electron chi connectivity index (χ4n) is 0.950. The molecule has 0 atom stereocenters. The highest BCUT2D eigenvalue weighted by molar-refractivity contribution is 5.73. The summed E-state index contributed by atoms with van der Waals surface area (Å²) >= 11 is 0. The average Bonchev–Trinajstić information content (AvgIpc) is 1.94. The molecule has 1 aromatic heterocycles. The molecular formula is C9H12N2. The first-order valence-electron chi connectivity index (χ1n) is 3.50. The Morgan fingerprint density at radius 1 is 1.64 bits per heavy atom. The van der Waals surface area contributed by atoms with Crippen LogP contribution in [0.4, 0.5) is 5.69 Å². The first-order chi connectivity index (χ1) is 5.13. The normalized spacial score (nSPS) is 9.64. The third-order valence-electron chi connectivity index (χ3n) is 1.65. The third kappa shape index (κ3) is 1.40. The number of aromatic nitrogens is 1. The van der Waals surface area contributed by atoms with E-state index >= 15 is 0 Å². The van der Waals surface area contributed by atoms with Crippen molar-refractivity contribution in [3.05, 3.63) is 30.1 Å². The van der Waals surface area contributed by atoms with E-state index in [-0.39, 0.29) is 0 Å². The Morgan fingerprint density at radius 2 is 2.27 bits per heavy atom. The van der Waals surface area contributed by atoms with Crippen LogP contribution >= 0.6 is 0 Å². The van der Waals surface area contributed by atoms with E-state index in [1.807, 2.05) is 19.9 Å². The maximum absolute atomic E-state index is 5.76. The molecule has 1 rings (SSSR count). The Kier molecular flexibility index (Phi) is 1.94. The van der Waals surface area contributed by atoms with Gasteiger partial charge in [-0.1, -0.05) is 6.58 Å². The highest BCUT2D eigenvalue weighted by Crippen LogP contribution is 2.20. The summed E-state index contributed by atoms with van der Waals surface area (Å²) in [7, 11) is 0. The van der Waals surface area contributed by atoms with Crippen LogP contribution in [-0.4, -0.2) is 4.98 Å². The molecule has 0 spiro atoms. The lowest BCUT2D eigenvalue weighted by molar-refractivity contribution is 1.20. The largest absolute Gasteiger partial charge is 0.397 e. The zero-order valence-electron chi connectivity index (χ0n) is 6.89. The first-order valence-corrected chi connectivity index (χ1v) is 3.50. The summed E-state index contributed by atoms with van der Waals surface area (Å²) in [6.45, 7) is 7.65. The van der Waals surface area contributed by atoms with Gasteiger partial charge in [0.2, 0.25) is 0 Å². The minimum absolute atomic E-state index is 0.736. The fourth-order valence-corrected chi connectivity index (χ4v) is 0.950. The number of hydrogen-bond donors (Lipinski definition) is 1. The van der Waals surface area contributed by atoms with E-state index in [1.54, 1.807) is 6.20 Å². The second kappa shape index (κ2) is 2.74. The number of aryl methyl sites for hydroxylation is 1. The molecular weight excluding hydrogens is 136 g/mol. The van der Waals surface area contributed by atoms with E-state index in [1.165, 1.54) is 0 Å². The molecule has 1 aromatic rings. The Balaban J connectivity index is 3.27. The van der Waals surface area contributed by atoms with E-state index in [4.69, 9.17) is 5.73 Å². The molecule has 2 heteroatoms. The average molecular weight is 148 g/mol. The van der Waals surface area contributed by atoms with Gasteiger partial charge in [0.05, 0.1) is 11.4 Å². The minimum atomic E-state index is 0.736. The molecule has 0 aliphatic heterocycles. The van der Waals surface area contributed by atoms with Crippen LogP contribution < -0.4 is 5.73 Å². The summed E-state index contributed by atoms with van der Waals surface area (Å²) in [5, 5.41) is 0. The Hall–Kier alpha value is -1.31. The monoisotopic (exact) mass is 148 g/mol. The zero-order valence-corrected chi connectivity index (χ0v) is 6.89. The second-order valence-electron chi connectivity index (χ2n) is 2.64. The van der Waals surface area contributed by atoms with Gasteiger partial charge >= 0.3 is 0 Å². The molecule has 0 fully saturated rings. The summed E-state index contributed by atoms with van der Waals surface area (Å²) in [4.78, 5) is 4.06. The zero-order chi connectivity index (χ0) is 8.43. The Morgan fingerprint density at radius 3 is 2.73 bits per heavy atom.